The summed E-state index contributed by atoms with van der Waals surface area (Å²) >= 11 is 0. The first-order valence-electron chi connectivity index (χ1n) is 6.90. The van der Waals surface area contributed by atoms with Crippen molar-refractivity contribution in [3.63, 3.8) is 0 Å². The number of benzene rings is 3. The highest BCUT2D eigenvalue weighted by Gasteiger charge is 2.09. The molecule has 2 heteroatoms. The number of pyridine rings is 1. The second kappa shape index (κ2) is 4.60. The van der Waals surface area contributed by atoms with Crippen LogP contribution in [0, 0.1) is 0 Å². The normalized spacial score (nSPS) is 11.0. The molecule has 0 bridgehead atoms. The fourth-order valence-corrected chi connectivity index (χ4v) is 2.72. The monoisotopic (exact) mass is 271 g/mol. The molecule has 1 aromatic heterocycles. The van der Waals surface area contributed by atoms with Crippen molar-refractivity contribution in [3.8, 4) is 16.9 Å². The number of aromatic nitrogens is 1. The molecule has 0 fully saturated rings. The maximum atomic E-state index is 10.1. The Morgan fingerprint density at radius 3 is 2.29 bits per heavy atom. The first-order chi connectivity index (χ1) is 10.3. The predicted octanol–water partition coefficient (Wildman–Crippen LogP) is 4.76. The smallest absolute Gasteiger partial charge is 0.123 e. The topological polar surface area (TPSA) is 33.1 Å². The lowest BCUT2D eigenvalue weighted by Gasteiger charge is -2.09. The average molecular weight is 271 g/mol. The van der Waals surface area contributed by atoms with Gasteiger partial charge in [-0.25, -0.2) is 4.98 Å². The number of aromatic hydroxyl groups is 1. The quantitative estimate of drug-likeness (QED) is 0.506. The van der Waals surface area contributed by atoms with Crippen LogP contribution in [0.5, 0.6) is 5.75 Å². The molecule has 0 saturated heterocycles. The zero-order chi connectivity index (χ0) is 14.2. The lowest BCUT2D eigenvalue weighted by Crippen LogP contribution is -1.87. The minimum atomic E-state index is 0.278. The number of phenols is 1. The largest absolute Gasteiger partial charge is 0.507 e. The molecule has 100 valence electrons. The molecule has 0 radical (unpaired) electrons. The molecule has 1 N–H and O–H groups in total. The maximum absolute atomic E-state index is 10.1. The van der Waals surface area contributed by atoms with Crippen molar-refractivity contribution in [1.29, 1.82) is 0 Å². The van der Waals surface area contributed by atoms with Crippen LogP contribution in [-0.4, -0.2) is 10.1 Å². The van der Waals surface area contributed by atoms with Gasteiger partial charge in [-0.3, -0.25) is 0 Å². The molecule has 2 nitrogen and oxygen atoms in total. The van der Waals surface area contributed by atoms with Crippen LogP contribution in [0.15, 0.2) is 72.8 Å². The minimum Gasteiger partial charge on any atom is -0.507 e. The molecule has 4 aromatic rings. The van der Waals surface area contributed by atoms with Gasteiger partial charge in [-0.1, -0.05) is 54.6 Å². The van der Waals surface area contributed by atoms with E-state index in [1.165, 1.54) is 0 Å². The van der Waals surface area contributed by atoms with Crippen molar-refractivity contribution >= 4 is 21.8 Å². The van der Waals surface area contributed by atoms with Crippen LogP contribution in [0.4, 0.5) is 0 Å². The van der Waals surface area contributed by atoms with E-state index in [9.17, 15) is 5.11 Å². The third kappa shape index (κ3) is 1.93. The molecule has 3 aromatic carbocycles. The highest BCUT2D eigenvalue weighted by molar-refractivity contribution is 6.00. The molecule has 0 amide bonds. The van der Waals surface area contributed by atoms with Crippen LogP contribution in [0.1, 0.15) is 0 Å². The van der Waals surface area contributed by atoms with E-state index in [-0.39, 0.29) is 5.75 Å². The van der Waals surface area contributed by atoms with E-state index in [0.29, 0.717) is 0 Å². The van der Waals surface area contributed by atoms with Gasteiger partial charge in [0.15, 0.2) is 0 Å². The second-order valence-electron chi connectivity index (χ2n) is 5.08. The van der Waals surface area contributed by atoms with Gasteiger partial charge in [-0.05, 0) is 18.2 Å². The van der Waals surface area contributed by atoms with E-state index >= 15 is 0 Å². The molecule has 0 aliphatic rings. The van der Waals surface area contributed by atoms with E-state index in [4.69, 9.17) is 4.98 Å². The summed E-state index contributed by atoms with van der Waals surface area (Å²) in [5, 5.41) is 12.3. The minimum absolute atomic E-state index is 0.278. The van der Waals surface area contributed by atoms with Gasteiger partial charge in [-0.2, -0.15) is 0 Å². The molecule has 4 rings (SSSR count). The van der Waals surface area contributed by atoms with Gasteiger partial charge in [-0.15, -0.1) is 0 Å². The number of hydrogen-bond donors (Lipinski definition) is 1. The first-order valence-corrected chi connectivity index (χ1v) is 6.90. The molecular formula is C19H13NO. The standard InChI is InChI=1S/C19H13NO/c21-18-11-4-2-8-15(18)16-9-5-7-14-12-13-6-1-3-10-17(13)20-19(14)16/h1-12,21H. The fourth-order valence-electron chi connectivity index (χ4n) is 2.72. The van der Waals surface area contributed by atoms with Gasteiger partial charge < -0.3 is 5.11 Å². The number of rotatable bonds is 1. The average Bonchev–Trinajstić information content (AvgIpc) is 2.53. The Kier molecular flexibility index (Phi) is 2.61. The Balaban J connectivity index is 2.10. The summed E-state index contributed by atoms with van der Waals surface area (Å²) in [5.74, 6) is 0.278. The van der Waals surface area contributed by atoms with E-state index in [1.807, 2.05) is 48.5 Å². The van der Waals surface area contributed by atoms with Gasteiger partial charge >= 0.3 is 0 Å². The van der Waals surface area contributed by atoms with E-state index < -0.39 is 0 Å². The van der Waals surface area contributed by atoms with Crippen molar-refractivity contribution < 1.29 is 5.11 Å². The molecule has 21 heavy (non-hydrogen) atoms. The summed E-state index contributed by atoms with van der Waals surface area (Å²) in [4.78, 5) is 4.78. The van der Waals surface area contributed by atoms with Crippen molar-refractivity contribution in [2.75, 3.05) is 0 Å². The van der Waals surface area contributed by atoms with Crippen LogP contribution >= 0.6 is 0 Å². The van der Waals surface area contributed by atoms with Gasteiger partial charge in [0.25, 0.3) is 0 Å². The third-order valence-corrected chi connectivity index (χ3v) is 3.74. The number of nitrogens with zero attached hydrogens (tertiary/aromatic N) is 1. The summed E-state index contributed by atoms with van der Waals surface area (Å²) in [5.41, 5.74) is 3.65. The van der Waals surface area contributed by atoms with Crippen molar-refractivity contribution in [2.24, 2.45) is 0 Å². The van der Waals surface area contributed by atoms with Crippen LogP contribution < -0.4 is 0 Å². The second-order valence-corrected chi connectivity index (χ2v) is 5.08. The Hall–Kier alpha value is -2.87. The van der Waals surface area contributed by atoms with Crippen LogP contribution in [0.2, 0.25) is 0 Å². The molecule has 0 aliphatic carbocycles. The van der Waals surface area contributed by atoms with E-state index in [1.54, 1.807) is 6.07 Å². The lowest BCUT2D eigenvalue weighted by molar-refractivity contribution is 0.477. The molecular weight excluding hydrogens is 258 g/mol. The van der Waals surface area contributed by atoms with E-state index in [0.717, 1.165) is 32.9 Å². The summed E-state index contributed by atoms with van der Waals surface area (Å²) in [7, 11) is 0. The van der Waals surface area contributed by atoms with Crippen LogP contribution in [-0.2, 0) is 0 Å². The highest BCUT2D eigenvalue weighted by atomic mass is 16.3. The molecule has 0 atom stereocenters. The number of para-hydroxylation sites is 3. The van der Waals surface area contributed by atoms with Crippen molar-refractivity contribution in [3.05, 3.63) is 72.8 Å². The summed E-state index contributed by atoms with van der Waals surface area (Å²) in [6.07, 6.45) is 0. The SMILES string of the molecule is Oc1ccccc1-c1cccc2cc3ccccc3nc12. The van der Waals surface area contributed by atoms with Gasteiger partial charge in [0.05, 0.1) is 11.0 Å². The predicted molar refractivity (Wildman–Crippen MR) is 86.3 cm³/mol. The van der Waals surface area contributed by atoms with Gasteiger partial charge in [0, 0.05) is 21.9 Å². The molecule has 0 aliphatic heterocycles. The molecule has 0 saturated carbocycles. The Morgan fingerprint density at radius 2 is 1.38 bits per heavy atom. The Labute approximate surface area is 122 Å². The highest BCUT2D eigenvalue weighted by Crippen LogP contribution is 2.34. The number of hydrogen-bond acceptors (Lipinski definition) is 2. The Bertz CT molecular complexity index is 960. The van der Waals surface area contributed by atoms with Crippen molar-refractivity contribution in [1.82, 2.24) is 4.98 Å². The van der Waals surface area contributed by atoms with Crippen LogP contribution in [0.3, 0.4) is 0 Å². The number of fused-ring (bicyclic) bond motifs is 2. The molecule has 0 unspecified atom stereocenters. The zero-order valence-electron chi connectivity index (χ0n) is 11.3. The van der Waals surface area contributed by atoms with Gasteiger partial charge in [0.1, 0.15) is 5.75 Å². The summed E-state index contributed by atoms with van der Waals surface area (Å²) in [6.45, 7) is 0. The summed E-state index contributed by atoms with van der Waals surface area (Å²) < 4.78 is 0. The van der Waals surface area contributed by atoms with Crippen LogP contribution in [0.25, 0.3) is 32.9 Å². The maximum Gasteiger partial charge on any atom is 0.123 e. The van der Waals surface area contributed by atoms with Crippen molar-refractivity contribution in [2.45, 2.75) is 0 Å². The van der Waals surface area contributed by atoms with Gasteiger partial charge in [0.2, 0.25) is 0 Å². The fraction of sp³-hybridized carbons (Fsp3) is 0. The number of phenolic OH excluding ortho intramolecular Hbond substituents is 1. The zero-order valence-corrected chi connectivity index (χ0v) is 11.3. The molecule has 0 spiro atoms. The summed E-state index contributed by atoms with van der Waals surface area (Å²) in [6, 6.07) is 23.6. The third-order valence-electron chi connectivity index (χ3n) is 3.74. The van der Waals surface area contributed by atoms with E-state index in [2.05, 4.69) is 18.2 Å². The Morgan fingerprint density at radius 1 is 0.667 bits per heavy atom. The lowest BCUT2D eigenvalue weighted by atomic mass is 10.00. The first kappa shape index (κ1) is 11.9. The molecule has 1 heterocycles.